The Morgan fingerprint density at radius 3 is 2.54 bits per heavy atom. The van der Waals surface area contributed by atoms with Gasteiger partial charge in [-0.15, -0.1) is 0 Å². The fourth-order valence-electron chi connectivity index (χ4n) is 1.09. The number of hydrogen-bond donors (Lipinski definition) is 2. The van der Waals surface area contributed by atoms with Crippen LogP contribution in [0.2, 0.25) is 0 Å². The molecule has 1 aromatic heterocycles. The van der Waals surface area contributed by atoms with Gasteiger partial charge in [-0.2, -0.15) is 0 Å². The smallest absolute Gasteiger partial charge is 0.0554 e. The van der Waals surface area contributed by atoms with Gasteiger partial charge in [-0.05, 0) is 35.3 Å². The third-order valence-corrected chi connectivity index (χ3v) is 2.60. The number of aromatic nitrogens is 1. The van der Waals surface area contributed by atoms with Crippen LogP contribution < -0.4 is 11.5 Å². The number of rotatable bonds is 1. The largest absolute Gasteiger partial charge is 0.397 e. The quantitative estimate of drug-likeness (QED) is 0.677. The summed E-state index contributed by atoms with van der Waals surface area (Å²) in [5.74, 6) is 0. The zero-order valence-corrected chi connectivity index (χ0v) is 7.71. The van der Waals surface area contributed by atoms with E-state index in [1.807, 2.05) is 24.3 Å². The lowest BCUT2D eigenvalue weighted by Gasteiger charge is -2.01. The molecule has 0 spiro atoms. The monoisotopic (exact) mass is 191 g/mol. The van der Waals surface area contributed by atoms with E-state index in [-0.39, 0.29) is 0 Å². The van der Waals surface area contributed by atoms with Crippen LogP contribution in [0.15, 0.2) is 30.5 Å². The summed E-state index contributed by atoms with van der Waals surface area (Å²) in [6.07, 6.45) is 1.77. The Hall–Kier alpha value is -1.55. The van der Waals surface area contributed by atoms with Crippen LogP contribution >= 0.6 is 11.5 Å². The molecule has 0 aliphatic heterocycles. The van der Waals surface area contributed by atoms with Gasteiger partial charge in [0.2, 0.25) is 0 Å². The SMILES string of the molecule is Nc1ccc(-c2ccns2)cc1N. The predicted octanol–water partition coefficient (Wildman–Crippen LogP) is 1.97. The second-order valence-corrected chi connectivity index (χ2v) is 3.55. The lowest BCUT2D eigenvalue weighted by atomic mass is 10.1. The molecule has 0 fully saturated rings. The Morgan fingerprint density at radius 1 is 1.08 bits per heavy atom. The van der Waals surface area contributed by atoms with Crippen molar-refractivity contribution >= 4 is 22.9 Å². The van der Waals surface area contributed by atoms with Crippen LogP contribution in [-0.4, -0.2) is 4.37 Å². The van der Waals surface area contributed by atoms with Crippen molar-refractivity contribution in [3.63, 3.8) is 0 Å². The summed E-state index contributed by atoms with van der Waals surface area (Å²) >= 11 is 1.44. The Bertz CT molecular complexity index is 409. The van der Waals surface area contributed by atoms with Crippen molar-refractivity contribution in [1.82, 2.24) is 4.37 Å². The van der Waals surface area contributed by atoms with Crippen LogP contribution in [-0.2, 0) is 0 Å². The average molecular weight is 191 g/mol. The summed E-state index contributed by atoms with van der Waals surface area (Å²) in [7, 11) is 0. The van der Waals surface area contributed by atoms with Gasteiger partial charge in [-0.1, -0.05) is 6.07 Å². The number of benzene rings is 1. The molecule has 4 N–H and O–H groups in total. The summed E-state index contributed by atoms with van der Waals surface area (Å²) in [5, 5.41) is 0. The minimum Gasteiger partial charge on any atom is -0.397 e. The van der Waals surface area contributed by atoms with E-state index in [2.05, 4.69) is 4.37 Å². The summed E-state index contributed by atoms with van der Waals surface area (Å²) in [6, 6.07) is 7.57. The van der Waals surface area contributed by atoms with Crippen LogP contribution in [0.5, 0.6) is 0 Å². The molecular weight excluding hydrogens is 182 g/mol. The Balaban J connectivity index is 2.49. The van der Waals surface area contributed by atoms with E-state index in [0.717, 1.165) is 10.4 Å². The van der Waals surface area contributed by atoms with Gasteiger partial charge in [0.1, 0.15) is 0 Å². The molecule has 0 bridgehead atoms. The van der Waals surface area contributed by atoms with Crippen molar-refractivity contribution in [2.24, 2.45) is 0 Å². The van der Waals surface area contributed by atoms with Crippen LogP contribution in [0.25, 0.3) is 10.4 Å². The first kappa shape index (κ1) is 8.07. The maximum Gasteiger partial charge on any atom is 0.0554 e. The van der Waals surface area contributed by atoms with E-state index in [1.165, 1.54) is 11.5 Å². The van der Waals surface area contributed by atoms with E-state index in [1.54, 1.807) is 6.20 Å². The first-order valence-electron chi connectivity index (χ1n) is 3.83. The standard InChI is InChI=1S/C9H9N3S/c10-7-2-1-6(5-8(7)11)9-3-4-12-13-9/h1-5H,10-11H2. The zero-order chi connectivity index (χ0) is 9.26. The van der Waals surface area contributed by atoms with Gasteiger partial charge in [0.25, 0.3) is 0 Å². The molecule has 2 rings (SSSR count). The molecule has 0 radical (unpaired) electrons. The van der Waals surface area contributed by atoms with E-state index >= 15 is 0 Å². The topological polar surface area (TPSA) is 64.9 Å². The van der Waals surface area contributed by atoms with E-state index in [0.29, 0.717) is 11.4 Å². The number of hydrogen-bond acceptors (Lipinski definition) is 4. The summed E-state index contributed by atoms with van der Waals surface area (Å²) in [5.41, 5.74) is 13.6. The van der Waals surface area contributed by atoms with Crippen molar-refractivity contribution in [2.75, 3.05) is 11.5 Å². The number of nitrogen functional groups attached to an aromatic ring is 2. The highest BCUT2D eigenvalue weighted by Crippen LogP contribution is 2.27. The third-order valence-electron chi connectivity index (χ3n) is 1.81. The molecule has 0 saturated heterocycles. The van der Waals surface area contributed by atoms with E-state index in [9.17, 15) is 0 Å². The lowest BCUT2D eigenvalue weighted by Crippen LogP contribution is -1.93. The average Bonchev–Trinajstić information content (AvgIpc) is 2.62. The minimum atomic E-state index is 0.617. The van der Waals surface area contributed by atoms with Gasteiger partial charge in [-0.25, -0.2) is 4.37 Å². The molecule has 13 heavy (non-hydrogen) atoms. The van der Waals surface area contributed by atoms with Crippen molar-refractivity contribution < 1.29 is 0 Å². The molecule has 0 aliphatic rings. The predicted molar refractivity (Wildman–Crippen MR) is 56.4 cm³/mol. The van der Waals surface area contributed by atoms with Crippen LogP contribution in [0.1, 0.15) is 0 Å². The molecule has 0 aliphatic carbocycles. The summed E-state index contributed by atoms with van der Waals surface area (Å²) < 4.78 is 4.02. The highest BCUT2D eigenvalue weighted by atomic mass is 32.1. The van der Waals surface area contributed by atoms with Crippen LogP contribution in [0.4, 0.5) is 11.4 Å². The van der Waals surface area contributed by atoms with Gasteiger partial charge in [0.15, 0.2) is 0 Å². The molecule has 66 valence electrons. The molecule has 1 heterocycles. The third kappa shape index (κ3) is 1.48. The number of anilines is 2. The maximum absolute atomic E-state index is 5.69. The second-order valence-electron chi connectivity index (χ2n) is 2.72. The summed E-state index contributed by atoms with van der Waals surface area (Å²) in [6.45, 7) is 0. The van der Waals surface area contributed by atoms with Crippen molar-refractivity contribution in [1.29, 1.82) is 0 Å². The Labute approximate surface area is 80.2 Å². The van der Waals surface area contributed by atoms with Crippen molar-refractivity contribution in [3.8, 4) is 10.4 Å². The molecule has 4 heteroatoms. The first-order valence-corrected chi connectivity index (χ1v) is 4.61. The highest BCUT2D eigenvalue weighted by molar-refractivity contribution is 7.09. The molecule has 0 atom stereocenters. The van der Waals surface area contributed by atoms with Gasteiger partial charge < -0.3 is 11.5 Å². The fourth-order valence-corrected chi connectivity index (χ4v) is 1.68. The molecule has 0 saturated carbocycles. The second kappa shape index (κ2) is 3.06. The van der Waals surface area contributed by atoms with Crippen LogP contribution in [0, 0.1) is 0 Å². The normalized spacial score (nSPS) is 10.2. The molecule has 2 aromatic rings. The molecule has 0 unspecified atom stereocenters. The van der Waals surface area contributed by atoms with E-state index < -0.39 is 0 Å². The van der Waals surface area contributed by atoms with Crippen LogP contribution in [0.3, 0.4) is 0 Å². The van der Waals surface area contributed by atoms with Gasteiger partial charge >= 0.3 is 0 Å². The summed E-state index contributed by atoms with van der Waals surface area (Å²) in [4.78, 5) is 1.10. The van der Waals surface area contributed by atoms with Gasteiger partial charge in [-0.3, -0.25) is 0 Å². The lowest BCUT2D eigenvalue weighted by molar-refractivity contribution is 1.58. The maximum atomic E-state index is 5.69. The van der Waals surface area contributed by atoms with E-state index in [4.69, 9.17) is 11.5 Å². The highest BCUT2D eigenvalue weighted by Gasteiger charge is 2.01. The Kier molecular flexibility index (Phi) is 1.90. The first-order chi connectivity index (χ1) is 6.27. The molecule has 0 amide bonds. The van der Waals surface area contributed by atoms with Crippen molar-refractivity contribution in [3.05, 3.63) is 30.5 Å². The Morgan fingerprint density at radius 2 is 1.92 bits per heavy atom. The minimum absolute atomic E-state index is 0.617. The molecular formula is C9H9N3S. The zero-order valence-electron chi connectivity index (χ0n) is 6.90. The number of nitrogens with two attached hydrogens (primary N) is 2. The van der Waals surface area contributed by atoms with Gasteiger partial charge in [0.05, 0.1) is 16.3 Å². The van der Waals surface area contributed by atoms with Crippen molar-refractivity contribution in [2.45, 2.75) is 0 Å². The fraction of sp³-hybridized carbons (Fsp3) is 0. The van der Waals surface area contributed by atoms with Gasteiger partial charge in [0, 0.05) is 6.20 Å². The molecule has 3 nitrogen and oxygen atoms in total. The molecule has 1 aromatic carbocycles. The number of nitrogens with zero attached hydrogens (tertiary/aromatic N) is 1.